The quantitative estimate of drug-likeness (QED) is 0.652. The average Bonchev–Trinajstić information content (AvgIpc) is 2.16. The number of carbonyl (C=O) groups is 2. The van der Waals surface area contributed by atoms with E-state index in [1.807, 2.05) is 0 Å². The van der Waals surface area contributed by atoms with E-state index in [1.54, 1.807) is 0 Å². The molecule has 2 aliphatic rings. The van der Waals surface area contributed by atoms with E-state index in [9.17, 15) is 9.59 Å². The minimum Gasteiger partial charge on any atom is -0.481 e. The van der Waals surface area contributed by atoms with E-state index in [0.717, 1.165) is 25.7 Å². The lowest BCUT2D eigenvalue weighted by atomic mass is 9.73. The van der Waals surface area contributed by atoms with Gasteiger partial charge in [0.25, 0.3) is 0 Å². The van der Waals surface area contributed by atoms with Crippen LogP contribution in [0.25, 0.3) is 0 Å². The molecule has 4 heteroatoms. The van der Waals surface area contributed by atoms with E-state index in [1.165, 1.54) is 0 Å². The van der Waals surface area contributed by atoms with Gasteiger partial charge in [0.1, 0.15) is 0 Å². The molecule has 1 heterocycles. The van der Waals surface area contributed by atoms with Crippen molar-refractivity contribution in [2.45, 2.75) is 38.1 Å². The van der Waals surface area contributed by atoms with Crippen LogP contribution in [0.1, 0.15) is 32.1 Å². The number of rotatable bonds is 1. The van der Waals surface area contributed by atoms with Crippen molar-refractivity contribution in [1.82, 2.24) is 5.32 Å². The van der Waals surface area contributed by atoms with Gasteiger partial charge in [0.2, 0.25) is 5.91 Å². The highest BCUT2D eigenvalue weighted by Crippen LogP contribution is 2.35. The zero-order chi connectivity index (χ0) is 10.1. The number of piperidine rings is 1. The van der Waals surface area contributed by atoms with Gasteiger partial charge in [-0.05, 0) is 18.8 Å². The van der Waals surface area contributed by atoms with Crippen LogP contribution in [0.15, 0.2) is 0 Å². The first-order valence-corrected chi connectivity index (χ1v) is 5.20. The maximum Gasteiger partial charge on any atom is 0.307 e. The van der Waals surface area contributed by atoms with Gasteiger partial charge in [-0.3, -0.25) is 9.59 Å². The van der Waals surface area contributed by atoms with Gasteiger partial charge < -0.3 is 10.4 Å². The normalized spacial score (nSPS) is 37.1. The number of carboxylic acid groups (broad SMARTS) is 1. The summed E-state index contributed by atoms with van der Waals surface area (Å²) in [6.45, 7) is 0. The topological polar surface area (TPSA) is 66.4 Å². The third-order valence-corrected chi connectivity index (χ3v) is 3.41. The Morgan fingerprint density at radius 2 is 2.07 bits per heavy atom. The third kappa shape index (κ3) is 1.61. The van der Waals surface area contributed by atoms with Gasteiger partial charge >= 0.3 is 5.97 Å². The van der Waals surface area contributed by atoms with Crippen LogP contribution in [0.2, 0.25) is 0 Å². The summed E-state index contributed by atoms with van der Waals surface area (Å²) in [5, 5.41) is 11.9. The molecular weight excluding hydrogens is 182 g/mol. The Bertz CT molecular complexity index is 262. The molecule has 4 nitrogen and oxygen atoms in total. The number of hydrogen-bond acceptors (Lipinski definition) is 2. The number of aliphatic carboxylic acids is 1. The lowest BCUT2D eigenvalue weighted by Crippen LogP contribution is -2.52. The summed E-state index contributed by atoms with van der Waals surface area (Å²) < 4.78 is 0. The summed E-state index contributed by atoms with van der Waals surface area (Å²) in [6.07, 6.45) is 4.26. The summed E-state index contributed by atoms with van der Waals surface area (Å²) in [4.78, 5) is 22.2. The molecule has 2 N–H and O–H groups in total. The zero-order valence-electron chi connectivity index (χ0n) is 8.03. The van der Waals surface area contributed by atoms with Crippen molar-refractivity contribution >= 4 is 11.9 Å². The first-order chi connectivity index (χ1) is 6.68. The Labute approximate surface area is 82.7 Å². The Morgan fingerprint density at radius 3 is 2.79 bits per heavy atom. The SMILES string of the molecule is O=C1C[C@H](C(=O)O)[C@H]2CCCC[C@H]2N1. The molecule has 3 atom stereocenters. The second-order valence-electron chi connectivity index (χ2n) is 4.27. The fourth-order valence-corrected chi connectivity index (χ4v) is 2.71. The lowest BCUT2D eigenvalue weighted by Gasteiger charge is -2.39. The summed E-state index contributed by atoms with van der Waals surface area (Å²) in [7, 11) is 0. The van der Waals surface area contributed by atoms with Crippen LogP contribution in [0.5, 0.6) is 0 Å². The van der Waals surface area contributed by atoms with E-state index in [-0.39, 0.29) is 24.3 Å². The number of carbonyl (C=O) groups excluding carboxylic acids is 1. The zero-order valence-corrected chi connectivity index (χ0v) is 8.03. The Balaban J connectivity index is 2.14. The standard InChI is InChI=1S/C10H15NO3/c12-9-5-7(10(13)14)6-3-1-2-4-8(6)11-9/h6-8H,1-5H2,(H,11,12)(H,13,14)/t6-,7+,8-/m1/s1. The fourth-order valence-electron chi connectivity index (χ4n) is 2.71. The number of carboxylic acids is 1. The van der Waals surface area contributed by atoms with Crippen LogP contribution in [0, 0.1) is 11.8 Å². The molecule has 14 heavy (non-hydrogen) atoms. The maximum absolute atomic E-state index is 11.3. The lowest BCUT2D eigenvalue weighted by molar-refractivity contribution is -0.150. The average molecular weight is 197 g/mol. The highest BCUT2D eigenvalue weighted by molar-refractivity contribution is 5.84. The molecule has 2 fully saturated rings. The number of hydrogen-bond donors (Lipinski definition) is 2. The largest absolute Gasteiger partial charge is 0.481 e. The van der Waals surface area contributed by atoms with Crippen molar-refractivity contribution < 1.29 is 14.7 Å². The molecule has 78 valence electrons. The van der Waals surface area contributed by atoms with E-state index in [4.69, 9.17) is 5.11 Å². The summed E-state index contributed by atoms with van der Waals surface area (Å²) in [6, 6.07) is 0.117. The van der Waals surface area contributed by atoms with Crippen molar-refractivity contribution in [3.8, 4) is 0 Å². The van der Waals surface area contributed by atoms with E-state index >= 15 is 0 Å². The molecule has 0 spiro atoms. The number of fused-ring (bicyclic) bond motifs is 1. The molecule has 1 saturated heterocycles. The number of nitrogens with one attached hydrogen (secondary N) is 1. The minimum absolute atomic E-state index is 0.0967. The van der Waals surface area contributed by atoms with Gasteiger partial charge in [-0.1, -0.05) is 12.8 Å². The minimum atomic E-state index is -0.809. The molecule has 1 aliphatic carbocycles. The predicted octanol–water partition coefficient (Wildman–Crippen LogP) is 0.766. The molecule has 1 amide bonds. The van der Waals surface area contributed by atoms with Crippen molar-refractivity contribution in [3.05, 3.63) is 0 Å². The van der Waals surface area contributed by atoms with Crippen molar-refractivity contribution in [2.75, 3.05) is 0 Å². The van der Waals surface area contributed by atoms with Crippen molar-refractivity contribution in [2.24, 2.45) is 11.8 Å². The smallest absolute Gasteiger partial charge is 0.307 e. The molecule has 0 aromatic rings. The van der Waals surface area contributed by atoms with Crippen LogP contribution in [0.4, 0.5) is 0 Å². The van der Waals surface area contributed by atoms with Crippen LogP contribution in [0.3, 0.4) is 0 Å². The van der Waals surface area contributed by atoms with Crippen LogP contribution in [-0.2, 0) is 9.59 Å². The van der Waals surface area contributed by atoms with Gasteiger partial charge in [0, 0.05) is 12.5 Å². The Kier molecular flexibility index (Phi) is 2.44. The second kappa shape index (κ2) is 3.59. The highest BCUT2D eigenvalue weighted by atomic mass is 16.4. The third-order valence-electron chi connectivity index (χ3n) is 3.41. The number of amides is 1. The summed E-state index contributed by atoms with van der Waals surface area (Å²) >= 11 is 0. The van der Waals surface area contributed by atoms with Crippen LogP contribution >= 0.6 is 0 Å². The summed E-state index contributed by atoms with van der Waals surface area (Å²) in [5.74, 6) is -1.19. The van der Waals surface area contributed by atoms with Crippen LogP contribution < -0.4 is 5.32 Å². The Morgan fingerprint density at radius 1 is 1.36 bits per heavy atom. The summed E-state index contributed by atoms with van der Waals surface area (Å²) in [5.41, 5.74) is 0. The molecule has 0 unspecified atom stereocenters. The molecule has 0 bridgehead atoms. The van der Waals surface area contributed by atoms with E-state index < -0.39 is 11.9 Å². The van der Waals surface area contributed by atoms with E-state index in [0.29, 0.717) is 0 Å². The molecule has 1 saturated carbocycles. The highest BCUT2D eigenvalue weighted by Gasteiger charge is 2.41. The molecule has 0 aromatic carbocycles. The van der Waals surface area contributed by atoms with Crippen molar-refractivity contribution in [3.63, 3.8) is 0 Å². The molecular formula is C10H15NO3. The molecule has 2 rings (SSSR count). The first kappa shape index (κ1) is 9.49. The molecule has 0 aromatic heterocycles. The van der Waals surface area contributed by atoms with Crippen LogP contribution in [-0.4, -0.2) is 23.0 Å². The monoisotopic (exact) mass is 197 g/mol. The van der Waals surface area contributed by atoms with Gasteiger partial charge in [-0.2, -0.15) is 0 Å². The fraction of sp³-hybridized carbons (Fsp3) is 0.800. The van der Waals surface area contributed by atoms with Gasteiger partial charge in [0.15, 0.2) is 0 Å². The van der Waals surface area contributed by atoms with Gasteiger partial charge in [-0.25, -0.2) is 0 Å². The predicted molar refractivity (Wildman–Crippen MR) is 49.6 cm³/mol. The van der Waals surface area contributed by atoms with E-state index in [2.05, 4.69) is 5.32 Å². The van der Waals surface area contributed by atoms with Gasteiger partial charge in [0.05, 0.1) is 5.92 Å². The first-order valence-electron chi connectivity index (χ1n) is 5.20. The van der Waals surface area contributed by atoms with Gasteiger partial charge in [-0.15, -0.1) is 0 Å². The second-order valence-corrected chi connectivity index (χ2v) is 4.27. The maximum atomic E-state index is 11.3. The Hall–Kier alpha value is -1.06. The molecule has 1 aliphatic heterocycles. The molecule has 0 radical (unpaired) electrons. The van der Waals surface area contributed by atoms with Crippen molar-refractivity contribution in [1.29, 1.82) is 0 Å².